The van der Waals surface area contributed by atoms with Crippen LogP contribution in [0.4, 0.5) is 4.79 Å². The normalized spacial score (nSPS) is 30.4. The Morgan fingerprint density at radius 2 is 1.97 bits per heavy atom. The molecule has 9 nitrogen and oxygen atoms in total. The van der Waals surface area contributed by atoms with Gasteiger partial charge in [-0.1, -0.05) is 0 Å². The molecule has 1 N–H and O–H groups in total. The number of hydrogen-bond donors (Lipinski definition) is 1. The average Bonchev–Trinajstić information content (AvgIpc) is 3.46. The minimum Gasteiger partial charge on any atom is -0.383 e. The summed E-state index contributed by atoms with van der Waals surface area (Å²) < 4.78 is 17.1. The van der Waals surface area contributed by atoms with Gasteiger partial charge in [0.05, 0.1) is 32.3 Å². The Labute approximate surface area is 191 Å². The molecule has 4 rings (SSSR count). The van der Waals surface area contributed by atoms with Crippen LogP contribution >= 0.6 is 0 Å². The minimum atomic E-state index is -0.463. The molecule has 3 aliphatic heterocycles. The van der Waals surface area contributed by atoms with Crippen LogP contribution in [-0.2, 0) is 19.0 Å². The van der Waals surface area contributed by atoms with E-state index in [0.717, 1.165) is 45.3 Å². The Balaban J connectivity index is 1.36. The first kappa shape index (κ1) is 23.9. The fourth-order valence-corrected chi connectivity index (χ4v) is 6.06. The van der Waals surface area contributed by atoms with Gasteiger partial charge < -0.3 is 29.3 Å². The van der Waals surface area contributed by atoms with E-state index in [-0.39, 0.29) is 24.4 Å². The van der Waals surface area contributed by atoms with E-state index in [9.17, 15) is 9.59 Å². The number of piperidine rings is 1. The smallest absolute Gasteiger partial charge is 0.324 e. The number of likely N-dealkylation sites (tertiary alicyclic amines) is 2. The topological polar surface area (TPSA) is 83.6 Å². The highest BCUT2D eigenvalue weighted by atomic mass is 16.7. The zero-order valence-electron chi connectivity index (χ0n) is 19.7. The summed E-state index contributed by atoms with van der Waals surface area (Å²) >= 11 is 0. The van der Waals surface area contributed by atoms with Crippen LogP contribution in [0.2, 0.25) is 0 Å². The first-order valence-electron chi connectivity index (χ1n) is 12.3. The molecule has 32 heavy (non-hydrogen) atoms. The molecule has 0 aromatic rings. The Morgan fingerprint density at radius 3 is 2.69 bits per heavy atom. The van der Waals surface area contributed by atoms with Crippen molar-refractivity contribution in [3.8, 4) is 0 Å². The van der Waals surface area contributed by atoms with Gasteiger partial charge in [-0.25, -0.2) is 4.79 Å². The monoisotopic (exact) mass is 452 g/mol. The van der Waals surface area contributed by atoms with Crippen LogP contribution in [0.1, 0.15) is 38.5 Å². The lowest BCUT2D eigenvalue weighted by Gasteiger charge is -2.49. The summed E-state index contributed by atoms with van der Waals surface area (Å²) in [4.78, 5) is 32.5. The fraction of sp³-hybridized carbons (Fsp3) is 0.913. The molecule has 4 aliphatic rings. The van der Waals surface area contributed by atoms with Crippen molar-refractivity contribution in [3.05, 3.63) is 0 Å². The average molecular weight is 453 g/mol. The third kappa shape index (κ3) is 5.44. The number of carbonyl (C=O) groups is 2. The molecule has 1 spiro atoms. The summed E-state index contributed by atoms with van der Waals surface area (Å²) in [7, 11) is 3.69. The number of hydrogen-bond acceptors (Lipinski definition) is 7. The zero-order chi connectivity index (χ0) is 22.6. The van der Waals surface area contributed by atoms with Crippen molar-refractivity contribution in [2.45, 2.75) is 50.4 Å². The summed E-state index contributed by atoms with van der Waals surface area (Å²) in [6, 6.07) is 0.137. The Kier molecular flexibility index (Phi) is 8.04. The van der Waals surface area contributed by atoms with Gasteiger partial charge in [0.2, 0.25) is 5.91 Å². The highest BCUT2D eigenvalue weighted by molar-refractivity contribution is 5.95. The lowest BCUT2D eigenvalue weighted by molar-refractivity contribution is -0.202. The van der Waals surface area contributed by atoms with E-state index in [0.29, 0.717) is 44.9 Å². The fourth-order valence-electron chi connectivity index (χ4n) is 6.06. The van der Waals surface area contributed by atoms with E-state index in [1.54, 1.807) is 7.11 Å². The molecular weight excluding hydrogens is 412 g/mol. The van der Waals surface area contributed by atoms with E-state index in [1.807, 2.05) is 0 Å². The maximum atomic E-state index is 13.5. The van der Waals surface area contributed by atoms with Crippen molar-refractivity contribution in [3.63, 3.8) is 0 Å². The van der Waals surface area contributed by atoms with Crippen molar-refractivity contribution in [2.24, 2.45) is 11.8 Å². The first-order chi connectivity index (χ1) is 15.5. The molecule has 1 aliphatic carbocycles. The van der Waals surface area contributed by atoms with Crippen LogP contribution < -0.4 is 5.32 Å². The molecule has 0 aromatic carbocycles. The van der Waals surface area contributed by atoms with Crippen LogP contribution in [0.3, 0.4) is 0 Å². The van der Waals surface area contributed by atoms with Crippen LogP contribution in [-0.4, -0.2) is 112 Å². The lowest BCUT2D eigenvalue weighted by atomic mass is 9.72. The summed E-state index contributed by atoms with van der Waals surface area (Å²) in [5, 5.41) is 2.96. The van der Waals surface area contributed by atoms with Crippen molar-refractivity contribution >= 4 is 11.9 Å². The maximum Gasteiger partial charge on any atom is 0.324 e. The molecule has 0 radical (unpaired) electrons. The van der Waals surface area contributed by atoms with E-state index < -0.39 is 5.79 Å². The summed E-state index contributed by atoms with van der Waals surface area (Å²) in [6.45, 7) is 6.16. The molecule has 182 valence electrons. The quantitative estimate of drug-likeness (QED) is 0.620. The van der Waals surface area contributed by atoms with Crippen LogP contribution in [0.5, 0.6) is 0 Å². The van der Waals surface area contributed by atoms with E-state index in [1.165, 1.54) is 17.7 Å². The number of imide groups is 1. The maximum absolute atomic E-state index is 13.5. The number of methoxy groups -OCH3 is 1. The molecule has 0 bridgehead atoms. The Hall–Kier alpha value is -1.26. The minimum absolute atomic E-state index is 0.0982. The van der Waals surface area contributed by atoms with Crippen molar-refractivity contribution in [1.29, 1.82) is 0 Å². The van der Waals surface area contributed by atoms with Crippen molar-refractivity contribution in [1.82, 2.24) is 20.0 Å². The summed E-state index contributed by atoms with van der Waals surface area (Å²) in [6.07, 6.45) is 5.98. The highest BCUT2D eigenvalue weighted by Gasteiger charge is 2.49. The molecule has 9 heteroatoms. The van der Waals surface area contributed by atoms with Crippen molar-refractivity contribution in [2.75, 3.05) is 73.2 Å². The SMILES string of the molecule is COCCN(C(=O)NCCN1CCCC1)C(=O)[C@@H]1C[C@@H]2CC3(CC[C@H]2N(C)C1)OCCO3. The van der Waals surface area contributed by atoms with Gasteiger partial charge in [-0.15, -0.1) is 0 Å². The van der Waals surface area contributed by atoms with Crippen LogP contribution in [0, 0.1) is 11.8 Å². The van der Waals surface area contributed by atoms with E-state index >= 15 is 0 Å². The predicted molar refractivity (Wildman–Crippen MR) is 119 cm³/mol. The van der Waals surface area contributed by atoms with Gasteiger partial charge in [0, 0.05) is 45.6 Å². The van der Waals surface area contributed by atoms with Gasteiger partial charge in [0.15, 0.2) is 5.79 Å². The number of ether oxygens (including phenoxy) is 3. The molecule has 3 saturated heterocycles. The largest absolute Gasteiger partial charge is 0.383 e. The van der Waals surface area contributed by atoms with Gasteiger partial charge >= 0.3 is 6.03 Å². The van der Waals surface area contributed by atoms with Gasteiger partial charge in [0.1, 0.15) is 0 Å². The molecule has 1 saturated carbocycles. The molecule has 3 atom stereocenters. The summed E-state index contributed by atoms with van der Waals surface area (Å²) in [5.41, 5.74) is 0. The number of nitrogens with one attached hydrogen (secondary N) is 1. The molecule has 0 unspecified atom stereocenters. The van der Waals surface area contributed by atoms with E-state index in [4.69, 9.17) is 14.2 Å². The second-order valence-electron chi connectivity index (χ2n) is 9.81. The number of urea groups is 1. The standard InChI is InChI=1S/C23H40N4O5/c1-25-17-19(15-18-16-23(6-5-20(18)25)31-13-14-32-23)21(28)27(11-12-30-2)22(29)24-7-10-26-8-3-4-9-26/h18-20H,3-17H2,1-2H3,(H,24,29)/t18-,19-,20-/m1/s1. The summed E-state index contributed by atoms with van der Waals surface area (Å²) in [5.74, 6) is -0.440. The number of rotatable bonds is 7. The highest BCUT2D eigenvalue weighted by Crippen LogP contribution is 2.45. The van der Waals surface area contributed by atoms with Crippen molar-refractivity contribution < 1.29 is 23.8 Å². The van der Waals surface area contributed by atoms with Crippen LogP contribution in [0.25, 0.3) is 0 Å². The zero-order valence-corrected chi connectivity index (χ0v) is 19.7. The first-order valence-corrected chi connectivity index (χ1v) is 12.3. The molecule has 0 aromatic heterocycles. The number of fused-ring (bicyclic) bond motifs is 1. The lowest BCUT2D eigenvalue weighted by Crippen LogP contribution is -2.57. The Bertz CT molecular complexity index is 650. The number of carbonyl (C=O) groups excluding carboxylic acids is 2. The second-order valence-corrected chi connectivity index (χ2v) is 9.81. The van der Waals surface area contributed by atoms with Gasteiger partial charge in [-0.2, -0.15) is 0 Å². The molecule has 3 heterocycles. The van der Waals surface area contributed by atoms with Crippen LogP contribution in [0.15, 0.2) is 0 Å². The van der Waals surface area contributed by atoms with Gasteiger partial charge in [-0.3, -0.25) is 9.69 Å². The molecule has 4 fully saturated rings. The third-order valence-corrected chi connectivity index (χ3v) is 7.70. The van der Waals surface area contributed by atoms with E-state index in [2.05, 4.69) is 22.2 Å². The van der Waals surface area contributed by atoms with Gasteiger partial charge in [0.25, 0.3) is 0 Å². The molecule has 3 amide bonds. The molecular formula is C23H40N4O5. The third-order valence-electron chi connectivity index (χ3n) is 7.70. The predicted octanol–water partition coefficient (Wildman–Crippen LogP) is 1.13. The number of nitrogens with zero attached hydrogens (tertiary/aromatic N) is 3. The second kappa shape index (κ2) is 10.8. The number of amides is 3. The Morgan fingerprint density at radius 1 is 1.22 bits per heavy atom. The van der Waals surface area contributed by atoms with Gasteiger partial charge in [-0.05, 0) is 51.7 Å².